The van der Waals surface area contributed by atoms with E-state index in [1.807, 2.05) is 0 Å². The van der Waals surface area contributed by atoms with Crippen molar-refractivity contribution >= 4 is 15.0 Å². The summed E-state index contributed by atoms with van der Waals surface area (Å²) in [5.74, 6) is 0. The zero-order valence-corrected chi connectivity index (χ0v) is 14.1. The zero-order valence-electron chi connectivity index (χ0n) is 13.2. The normalized spacial score (nSPS) is 16.7. The van der Waals surface area contributed by atoms with Crippen LogP contribution in [0.15, 0.2) is 41.6 Å². The van der Waals surface area contributed by atoms with Crippen molar-refractivity contribution in [1.82, 2.24) is 4.98 Å². The Labute approximate surface area is 131 Å². The Morgan fingerprint density at radius 3 is 2.68 bits per heavy atom. The third-order valence-corrected chi connectivity index (χ3v) is 5.72. The van der Waals surface area contributed by atoms with Crippen LogP contribution in [0.4, 0.5) is 5.69 Å². The maximum atomic E-state index is 12.4. The van der Waals surface area contributed by atoms with Crippen molar-refractivity contribution in [3.8, 4) is 11.1 Å². The van der Waals surface area contributed by atoms with E-state index < -0.39 is 9.35 Å². The largest absolute Gasteiger partial charge is 0.374 e. The summed E-state index contributed by atoms with van der Waals surface area (Å²) in [4.78, 5) is 6.81. The highest BCUT2D eigenvalue weighted by Crippen LogP contribution is 2.33. The van der Waals surface area contributed by atoms with E-state index in [0.29, 0.717) is 4.90 Å². The molecule has 2 aromatic rings. The number of benzene rings is 1. The Hall–Kier alpha value is -1.72. The Bertz CT molecular complexity index is 784. The van der Waals surface area contributed by atoms with Gasteiger partial charge < -0.3 is 4.90 Å². The van der Waals surface area contributed by atoms with E-state index in [9.17, 15) is 8.76 Å². The van der Waals surface area contributed by atoms with Gasteiger partial charge in [0, 0.05) is 49.7 Å². The zero-order chi connectivity index (χ0) is 16.0. The molecule has 0 unspecified atom stereocenters. The third-order valence-electron chi connectivity index (χ3n) is 4.15. The number of anilines is 1. The van der Waals surface area contributed by atoms with Crippen molar-refractivity contribution < 1.29 is 8.76 Å². The van der Waals surface area contributed by atoms with Gasteiger partial charge in [0.05, 0.1) is 4.90 Å². The molecule has 4 nitrogen and oxygen atoms in total. The Morgan fingerprint density at radius 2 is 1.95 bits per heavy atom. The van der Waals surface area contributed by atoms with E-state index in [-0.39, 0.29) is 0 Å². The van der Waals surface area contributed by atoms with Crippen molar-refractivity contribution in [3.63, 3.8) is 0 Å². The Morgan fingerprint density at radius 1 is 1.18 bits per heavy atom. The number of aryl methyl sites for hydroxylation is 1. The van der Waals surface area contributed by atoms with Gasteiger partial charge in [-0.2, -0.15) is 9.35 Å². The molecule has 0 radical (unpaired) electrons. The minimum atomic E-state index is -3.77. The van der Waals surface area contributed by atoms with Gasteiger partial charge in [0.15, 0.2) is 0 Å². The van der Waals surface area contributed by atoms with Crippen LogP contribution in [0.25, 0.3) is 11.1 Å². The molecular formula is C17H22N2O2S. The highest BCUT2D eigenvalue weighted by Gasteiger charge is 2.19. The molecule has 0 amide bonds. The molecule has 0 saturated carbocycles. The second kappa shape index (κ2) is 4.89. The summed E-state index contributed by atoms with van der Waals surface area (Å²) >= 11 is 0. The lowest BCUT2D eigenvalue weighted by molar-refractivity contribution is 0.526. The van der Waals surface area contributed by atoms with Gasteiger partial charge in [-0.15, -0.1) is 0 Å². The van der Waals surface area contributed by atoms with E-state index in [4.69, 9.17) is 0 Å². The second-order valence-electron chi connectivity index (χ2n) is 6.54. The molecule has 3 rings (SSSR count). The van der Waals surface area contributed by atoms with Gasteiger partial charge in [-0.3, -0.25) is 9.54 Å². The SMILES string of the molecule is CN1CCCc2cc(-c3cncc(S(C)(C)(=O)O)c3)ccc21. The molecule has 1 aromatic carbocycles. The monoisotopic (exact) mass is 318 g/mol. The number of hydrogen-bond acceptors (Lipinski definition) is 3. The summed E-state index contributed by atoms with van der Waals surface area (Å²) in [7, 11) is -1.66. The van der Waals surface area contributed by atoms with E-state index in [1.54, 1.807) is 12.3 Å². The van der Waals surface area contributed by atoms with Crippen LogP contribution in [-0.2, 0) is 15.8 Å². The van der Waals surface area contributed by atoms with Crippen LogP contribution in [0.1, 0.15) is 12.0 Å². The Balaban J connectivity index is 2.06. The van der Waals surface area contributed by atoms with E-state index in [2.05, 4.69) is 35.1 Å². The summed E-state index contributed by atoms with van der Waals surface area (Å²) in [6.07, 6.45) is 8.17. The molecule has 1 aromatic heterocycles. The minimum absolute atomic E-state index is 0.379. The average molecular weight is 318 g/mol. The number of rotatable bonds is 2. The number of hydrogen-bond donors (Lipinski definition) is 1. The van der Waals surface area contributed by atoms with Crippen LogP contribution >= 0.6 is 0 Å². The van der Waals surface area contributed by atoms with Crippen molar-refractivity contribution in [3.05, 3.63) is 42.2 Å². The fourth-order valence-electron chi connectivity index (χ4n) is 2.86. The molecule has 1 N–H and O–H groups in total. The Kier molecular flexibility index (Phi) is 3.38. The quantitative estimate of drug-likeness (QED) is 0.925. The third kappa shape index (κ3) is 2.91. The fourth-order valence-corrected chi connectivity index (χ4v) is 3.69. The van der Waals surface area contributed by atoms with Crippen LogP contribution in [0.3, 0.4) is 0 Å². The lowest BCUT2D eigenvalue weighted by Crippen LogP contribution is -2.28. The van der Waals surface area contributed by atoms with E-state index >= 15 is 0 Å². The van der Waals surface area contributed by atoms with Crippen molar-refractivity contribution in [2.75, 3.05) is 31.0 Å². The molecular weight excluding hydrogens is 296 g/mol. The summed E-state index contributed by atoms with van der Waals surface area (Å²) in [6, 6.07) is 8.13. The molecule has 0 spiro atoms. The van der Waals surface area contributed by atoms with Crippen LogP contribution in [0.2, 0.25) is 0 Å². The van der Waals surface area contributed by atoms with Crippen molar-refractivity contribution in [2.45, 2.75) is 17.7 Å². The van der Waals surface area contributed by atoms with Crippen molar-refractivity contribution in [2.24, 2.45) is 0 Å². The van der Waals surface area contributed by atoms with Gasteiger partial charge in [-0.1, -0.05) is 6.07 Å². The van der Waals surface area contributed by atoms with Gasteiger partial charge in [0.2, 0.25) is 0 Å². The highest BCUT2D eigenvalue weighted by molar-refractivity contribution is 8.14. The van der Waals surface area contributed by atoms with Gasteiger partial charge in [0.25, 0.3) is 0 Å². The van der Waals surface area contributed by atoms with Gasteiger partial charge in [-0.05, 0) is 42.2 Å². The summed E-state index contributed by atoms with van der Waals surface area (Å²) in [5.41, 5.74) is 4.52. The molecule has 22 heavy (non-hydrogen) atoms. The number of nitrogens with zero attached hydrogens (tertiary/aromatic N) is 2. The van der Waals surface area contributed by atoms with Gasteiger partial charge >= 0.3 is 0 Å². The highest BCUT2D eigenvalue weighted by atomic mass is 32.3. The molecule has 0 bridgehead atoms. The minimum Gasteiger partial charge on any atom is -0.374 e. The fraction of sp³-hybridized carbons (Fsp3) is 0.353. The van der Waals surface area contributed by atoms with Crippen LogP contribution in [0, 0.1) is 0 Å². The topological polar surface area (TPSA) is 53.4 Å². The summed E-state index contributed by atoms with van der Waals surface area (Å²) < 4.78 is 22.5. The van der Waals surface area contributed by atoms with E-state index in [1.165, 1.54) is 30.0 Å². The van der Waals surface area contributed by atoms with Gasteiger partial charge in [-0.25, -0.2) is 4.21 Å². The van der Waals surface area contributed by atoms with E-state index in [0.717, 1.165) is 30.5 Å². The first-order valence-corrected chi connectivity index (χ1v) is 10.1. The van der Waals surface area contributed by atoms with Crippen LogP contribution in [0.5, 0.6) is 0 Å². The summed E-state index contributed by atoms with van der Waals surface area (Å²) in [6.45, 7) is 1.09. The lowest BCUT2D eigenvalue weighted by Gasteiger charge is -2.33. The second-order valence-corrected chi connectivity index (χ2v) is 10.5. The summed E-state index contributed by atoms with van der Waals surface area (Å²) in [5, 5.41) is 0. The van der Waals surface area contributed by atoms with Gasteiger partial charge in [0.1, 0.15) is 0 Å². The molecule has 0 atom stereocenters. The predicted molar refractivity (Wildman–Crippen MR) is 92.1 cm³/mol. The molecule has 0 fully saturated rings. The average Bonchev–Trinajstić information content (AvgIpc) is 2.46. The molecule has 118 valence electrons. The number of fused-ring (bicyclic) bond motifs is 1. The van der Waals surface area contributed by atoms with Crippen LogP contribution in [-0.4, -0.2) is 39.8 Å². The standard InChI is InChI=1S/C17H22N2O2S/c1-19-8-4-5-14-9-13(6-7-17(14)19)15-10-16(12-18-11-15)22(2,3,20)21/h6-7,9-12H,4-5,8H2,1-3H3,(H,20,21). The molecule has 0 aliphatic carbocycles. The predicted octanol–water partition coefficient (Wildman–Crippen LogP) is 3.04. The molecule has 0 saturated heterocycles. The molecule has 2 heterocycles. The smallest absolute Gasteiger partial charge is 0.0726 e. The van der Waals surface area contributed by atoms with Crippen LogP contribution < -0.4 is 4.90 Å². The first-order valence-electron chi connectivity index (χ1n) is 7.37. The molecule has 5 heteroatoms. The van der Waals surface area contributed by atoms with Crippen molar-refractivity contribution in [1.29, 1.82) is 0 Å². The molecule has 1 aliphatic rings. The first kappa shape index (κ1) is 15.2. The maximum Gasteiger partial charge on any atom is 0.0726 e. The number of pyridine rings is 1. The maximum absolute atomic E-state index is 12.4. The molecule has 1 aliphatic heterocycles. The lowest BCUT2D eigenvalue weighted by atomic mass is 9.97. The first-order chi connectivity index (χ1) is 10.2. The number of aromatic nitrogens is 1.